The van der Waals surface area contributed by atoms with Crippen LogP contribution in [0.1, 0.15) is 39.7 Å². The molecule has 2 rings (SSSR count). The minimum Gasteiger partial charge on any atom is -0.492 e. The molecule has 0 spiro atoms. The third-order valence-electron chi connectivity index (χ3n) is 4.59. The summed E-state index contributed by atoms with van der Waals surface area (Å²) in [4.78, 5) is 0.0518. The van der Waals surface area contributed by atoms with Gasteiger partial charge >= 0.3 is 0 Å². The van der Waals surface area contributed by atoms with Crippen molar-refractivity contribution in [2.75, 3.05) is 24.4 Å². The van der Waals surface area contributed by atoms with E-state index in [1.54, 1.807) is 45.0 Å². The fraction of sp³-hybridized carbons (Fsp3) is 0.429. The molecule has 0 bridgehead atoms. The fourth-order valence-electron chi connectivity index (χ4n) is 3.09. The molecule has 30 heavy (non-hydrogen) atoms. The van der Waals surface area contributed by atoms with Gasteiger partial charge < -0.3 is 4.74 Å². The summed E-state index contributed by atoms with van der Waals surface area (Å²) in [7, 11) is -7.70. The largest absolute Gasteiger partial charge is 0.492 e. The monoisotopic (exact) mass is 454 g/mol. The molecule has 0 unspecified atom stereocenters. The van der Waals surface area contributed by atoms with Crippen LogP contribution in [0.5, 0.6) is 5.75 Å². The van der Waals surface area contributed by atoms with Gasteiger partial charge in [0, 0.05) is 13.1 Å². The van der Waals surface area contributed by atoms with Crippen molar-refractivity contribution in [2.45, 2.75) is 50.3 Å². The molecule has 0 amide bonds. The molecule has 0 atom stereocenters. The molecule has 0 saturated heterocycles. The zero-order valence-electron chi connectivity index (χ0n) is 17.9. The number of sulfonamides is 2. The van der Waals surface area contributed by atoms with Crippen LogP contribution in [-0.2, 0) is 26.5 Å². The molecule has 2 aromatic carbocycles. The van der Waals surface area contributed by atoms with Gasteiger partial charge in [0.2, 0.25) is 10.0 Å². The summed E-state index contributed by atoms with van der Waals surface area (Å²) >= 11 is 0. The number of nitrogens with zero attached hydrogens (tertiary/aromatic N) is 1. The lowest BCUT2D eigenvalue weighted by atomic mass is 10.1. The van der Waals surface area contributed by atoms with Crippen molar-refractivity contribution in [3.63, 3.8) is 0 Å². The summed E-state index contributed by atoms with van der Waals surface area (Å²) in [6.45, 7) is 8.19. The number of nitrogens with one attached hydrogen (secondary N) is 1. The van der Waals surface area contributed by atoms with E-state index in [0.717, 1.165) is 18.4 Å². The molecule has 7 nitrogen and oxygen atoms in total. The van der Waals surface area contributed by atoms with E-state index in [1.807, 2.05) is 0 Å². The summed E-state index contributed by atoms with van der Waals surface area (Å²) in [6, 6.07) is 10.9. The Balaban J connectivity index is 2.43. The van der Waals surface area contributed by atoms with Crippen LogP contribution >= 0.6 is 0 Å². The summed E-state index contributed by atoms with van der Waals surface area (Å²) in [5.74, 6) is 0.191. The van der Waals surface area contributed by atoms with Crippen LogP contribution < -0.4 is 9.46 Å². The number of anilines is 1. The highest BCUT2D eigenvalue weighted by Crippen LogP contribution is 2.31. The zero-order chi connectivity index (χ0) is 22.4. The molecule has 0 aliphatic heterocycles. The quantitative estimate of drug-likeness (QED) is 0.556. The molecule has 2 aromatic rings. The first-order valence-electron chi connectivity index (χ1n) is 10.1. The maximum absolute atomic E-state index is 13.0. The Morgan fingerprint density at radius 1 is 0.900 bits per heavy atom. The third kappa shape index (κ3) is 5.53. The van der Waals surface area contributed by atoms with Gasteiger partial charge in [0.05, 0.1) is 17.2 Å². The van der Waals surface area contributed by atoms with Gasteiger partial charge in [0.25, 0.3) is 10.0 Å². The normalized spacial score (nSPS) is 12.2. The fourth-order valence-corrected chi connectivity index (χ4v) is 5.75. The van der Waals surface area contributed by atoms with Crippen LogP contribution in [0.3, 0.4) is 0 Å². The Morgan fingerprint density at radius 2 is 1.53 bits per heavy atom. The van der Waals surface area contributed by atoms with Gasteiger partial charge in [-0.25, -0.2) is 16.8 Å². The highest BCUT2D eigenvalue weighted by atomic mass is 32.2. The van der Waals surface area contributed by atoms with Crippen molar-refractivity contribution in [2.24, 2.45) is 0 Å². The average molecular weight is 455 g/mol. The van der Waals surface area contributed by atoms with Gasteiger partial charge in [-0.15, -0.1) is 0 Å². The van der Waals surface area contributed by atoms with Gasteiger partial charge in [-0.2, -0.15) is 4.31 Å². The van der Waals surface area contributed by atoms with Crippen LogP contribution in [0.2, 0.25) is 0 Å². The molecule has 0 heterocycles. The molecule has 1 N–H and O–H groups in total. The van der Waals surface area contributed by atoms with Gasteiger partial charge in [0.1, 0.15) is 10.6 Å². The first kappa shape index (κ1) is 24.2. The number of hydrogen-bond acceptors (Lipinski definition) is 5. The lowest BCUT2D eigenvalue weighted by Crippen LogP contribution is -2.31. The minimum absolute atomic E-state index is 0.0634. The van der Waals surface area contributed by atoms with Crippen LogP contribution in [0, 0.1) is 0 Å². The molecule has 166 valence electrons. The first-order chi connectivity index (χ1) is 14.2. The maximum Gasteiger partial charge on any atom is 0.261 e. The molecule has 0 aromatic heterocycles. The number of rotatable bonds is 11. The second kappa shape index (κ2) is 10.3. The Labute approximate surface area is 180 Å². The van der Waals surface area contributed by atoms with E-state index in [0.29, 0.717) is 13.1 Å². The SMILES string of the molecule is CCCc1ccc(S(=O)(=O)Nc2ccc(OCC)c(S(=O)(=O)N(CC)CC)c2)cc1. The minimum atomic E-state index is -3.86. The topological polar surface area (TPSA) is 92.8 Å². The smallest absolute Gasteiger partial charge is 0.261 e. The van der Waals surface area contributed by atoms with E-state index < -0.39 is 20.0 Å². The van der Waals surface area contributed by atoms with E-state index in [1.165, 1.54) is 22.5 Å². The second-order valence-electron chi connectivity index (χ2n) is 6.68. The number of aryl methyl sites for hydroxylation is 1. The summed E-state index contributed by atoms with van der Waals surface area (Å²) in [6.07, 6.45) is 1.85. The third-order valence-corrected chi connectivity index (χ3v) is 8.06. The van der Waals surface area contributed by atoms with E-state index >= 15 is 0 Å². The van der Waals surface area contributed by atoms with Crippen LogP contribution in [0.4, 0.5) is 5.69 Å². The van der Waals surface area contributed by atoms with E-state index in [2.05, 4.69) is 11.6 Å². The number of hydrogen-bond donors (Lipinski definition) is 1. The Kier molecular flexibility index (Phi) is 8.28. The van der Waals surface area contributed by atoms with Crippen LogP contribution in [0.25, 0.3) is 0 Å². The van der Waals surface area contributed by atoms with Crippen molar-refractivity contribution in [1.82, 2.24) is 4.31 Å². The molecular formula is C21H30N2O5S2. The van der Waals surface area contributed by atoms with Crippen LogP contribution in [0.15, 0.2) is 52.3 Å². The average Bonchev–Trinajstić information content (AvgIpc) is 2.70. The van der Waals surface area contributed by atoms with Crippen molar-refractivity contribution < 1.29 is 21.6 Å². The standard InChI is InChI=1S/C21H30N2O5S2/c1-5-9-17-10-13-19(14-11-17)29(24,25)22-18-12-15-20(28-8-4)21(16-18)30(26,27)23(6-2)7-3/h10-16,22H,5-9H2,1-4H3. The van der Waals surface area contributed by atoms with Crippen molar-refractivity contribution in [1.29, 1.82) is 0 Å². The first-order valence-corrected chi connectivity index (χ1v) is 13.0. The predicted octanol–water partition coefficient (Wildman–Crippen LogP) is 3.87. The molecule has 0 radical (unpaired) electrons. The van der Waals surface area contributed by atoms with Gasteiger partial charge in [-0.05, 0) is 49.2 Å². The molecule has 0 fully saturated rings. The van der Waals surface area contributed by atoms with Crippen molar-refractivity contribution in [3.8, 4) is 5.75 Å². The lowest BCUT2D eigenvalue weighted by Gasteiger charge is -2.21. The molecule has 9 heteroatoms. The van der Waals surface area contributed by atoms with Gasteiger partial charge in [-0.3, -0.25) is 4.72 Å². The van der Waals surface area contributed by atoms with E-state index in [-0.39, 0.29) is 27.8 Å². The molecule has 0 aliphatic carbocycles. The van der Waals surface area contributed by atoms with Crippen molar-refractivity contribution in [3.05, 3.63) is 48.0 Å². The molecule has 0 aliphatic rings. The second-order valence-corrected chi connectivity index (χ2v) is 10.3. The zero-order valence-corrected chi connectivity index (χ0v) is 19.5. The van der Waals surface area contributed by atoms with E-state index in [9.17, 15) is 16.8 Å². The highest BCUT2D eigenvalue weighted by molar-refractivity contribution is 7.92. The van der Waals surface area contributed by atoms with Gasteiger partial charge in [-0.1, -0.05) is 39.3 Å². The molecular weight excluding hydrogens is 424 g/mol. The summed E-state index contributed by atoms with van der Waals surface area (Å²) in [5, 5.41) is 0. The highest BCUT2D eigenvalue weighted by Gasteiger charge is 2.27. The molecule has 0 saturated carbocycles. The number of benzene rings is 2. The Morgan fingerprint density at radius 3 is 2.07 bits per heavy atom. The van der Waals surface area contributed by atoms with Gasteiger partial charge in [0.15, 0.2) is 0 Å². The number of ether oxygens (including phenoxy) is 1. The van der Waals surface area contributed by atoms with Crippen LogP contribution in [-0.4, -0.2) is 40.8 Å². The van der Waals surface area contributed by atoms with Crippen molar-refractivity contribution >= 4 is 25.7 Å². The van der Waals surface area contributed by atoms with E-state index in [4.69, 9.17) is 4.74 Å². The lowest BCUT2D eigenvalue weighted by molar-refractivity contribution is 0.329. The Bertz CT molecular complexity index is 1050. The summed E-state index contributed by atoms with van der Waals surface area (Å²) in [5.41, 5.74) is 1.21. The predicted molar refractivity (Wildman–Crippen MR) is 119 cm³/mol. The maximum atomic E-state index is 13.0. The summed E-state index contributed by atoms with van der Waals surface area (Å²) < 4.78 is 60.9. The Hall–Kier alpha value is -2.10.